The summed E-state index contributed by atoms with van der Waals surface area (Å²) in [4.78, 5) is 11.6. The Morgan fingerprint density at radius 3 is 2.67 bits per heavy atom. The van der Waals surface area contributed by atoms with Crippen molar-refractivity contribution in [1.82, 2.24) is 10.6 Å². The highest BCUT2D eigenvalue weighted by atomic mass is 35.5. The topological polar surface area (TPSA) is 41.1 Å². The van der Waals surface area contributed by atoms with Gasteiger partial charge >= 0.3 is 0 Å². The average molecular weight is 289 g/mol. The first-order valence-corrected chi connectivity index (χ1v) is 6.75. The minimum atomic E-state index is -0.231. The fraction of sp³-hybridized carbons (Fsp3) is 0.462. The minimum Gasteiger partial charge on any atom is -0.355 e. The molecule has 0 bridgehead atoms. The zero-order chi connectivity index (χ0) is 13.5. The van der Waals surface area contributed by atoms with Crippen molar-refractivity contribution in [3.8, 4) is 0 Å². The molecule has 18 heavy (non-hydrogen) atoms. The van der Waals surface area contributed by atoms with Crippen LogP contribution >= 0.6 is 23.2 Å². The van der Waals surface area contributed by atoms with Gasteiger partial charge in [0.15, 0.2) is 0 Å². The van der Waals surface area contributed by atoms with Crippen molar-refractivity contribution in [1.29, 1.82) is 0 Å². The summed E-state index contributed by atoms with van der Waals surface area (Å²) in [5.74, 6) is 0.0110. The Bertz CT molecular complexity index is 410. The second-order valence-electron chi connectivity index (χ2n) is 4.14. The van der Waals surface area contributed by atoms with Gasteiger partial charge in [0.1, 0.15) is 0 Å². The van der Waals surface area contributed by atoms with Crippen LogP contribution in [-0.4, -0.2) is 18.5 Å². The predicted molar refractivity (Wildman–Crippen MR) is 76.1 cm³/mol. The Labute approximate surface area is 118 Å². The molecule has 1 rings (SSSR count). The number of amides is 1. The number of nitrogens with one attached hydrogen (secondary N) is 2. The van der Waals surface area contributed by atoms with E-state index in [1.807, 2.05) is 19.9 Å². The highest BCUT2D eigenvalue weighted by Crippen LogP contribution is 2.22. The van der Waals surface area contributed by atoms with Crippen molar-refractivity contribution in [2.45, 2.75) is 32.9 Å². The normalized spacial score (nSPS) is 12.2. The van der Waals surface area contributed by atoms with Crippen molar-refractivity contribution in [3.05, 3.63) is 33.8 Å². The van der Waals surface area contributed by atoms with Gasteiger partial charge in [-0.15, -0.1) is 0 Å². The maximum atomic E-state index is 11.6. The number of halogens is 2. The summed E-state index contributed by atoms with van der Waals surface area (Å²) in [5.41, 5.74) is 1.000. The molecule has 1 aromatic rings. The lowest BCUT2D eigenvalue weighted by molar-refractivity contribution is -0.122. The third-order valence-electron chi connectivity index (χ3n) is 2.54. The van der Waals surface area contributed by atoms with E-state index in [9.17, 15) is 4.79 Å². The summed E-state index contributed by atoms with van der Waals surface area (Å²) in [6.07, 6.45) is 0.936. The molecule has 1 aromatic carbocycles. The molecule has 0 aliphatic heterocycles. The third kappa shape index (κ3) is 4.84. The molecule has 1 amide bonds. The van der Waals surface area contributed by atoms with Crippen LogP contribution in [0.25, 0.3) is 0 Å². The van der Waals surface area contributed by atoms with E-state index in [1.54, 1.807) is 12.1 Å². The molecular weight excluding hydrogens is 271 g/mol. The first kappa shape index (κ1) is 15.3. The Morgan fingerprint density at radius 2 is 2.06 bits per heavy atom. The molecule has 0 aliphatic rings. The summed E-state index contributed by atoms with van der Waals surface area (Å²) >= 11 is 11.8. The van der Waals surface area contributed by atoms with Crippen LogP contribution in [0.15, 0.2) is 18.2 Å². The molecule has 100 valence electrons. The molecule has 0 aromatic heterocycles. The third-order valence-corrected chi connectivity index (χ3v) is 3.28. The lowest BCUT2D eigenvalue weighted by atomic mass is 10.2. The Hall–Kier alpha value is -0.770. The summed E-state index contributed by atoms with van der Waals surface area (Å²) in [6, 6.07) is 5.21. The van der Waals surface area contributed by atoms with Gasteiger partial charge in [0.05, 0.1) is 16.1 Å². The summed E-state index contributed by atoms with van der Waals surface area (Å²) in [6.45, 7) is 5.14. The van der Waals surface area contributed by atoms with Crippen LogP contribution in [0.1, 0.15) is 25.8 Å². The molecule has 2 N–H and O–H groups in total. The predicted octanol–water partition coefficient (Wildman–Crippen LogP) is 3.00. The van der Waals surface area contributed by atoms with Gasteiger partial charge in [0, 0.05) is 13.1 Å². The summed E-state index contributed by atoms with van der Waals surface area (Å²) < 4.78 is 0. The van der Waals surface area contributed by atoms with Crippen LogP contribution in [0.3, 0.4) is 0 Å². The van der Waals surface area contributed by atoms with Gasteiger partial charge in [0.2, 0.25) is 5.91 Å². The lowest BCUT2D eigenvalue weighted by Gasteiger charge is -2.14. The largest absolute Gasteiger partial charge is 0.355 e. The highest BCUT2D eigenvalue weighted by molar-refractivity contribution is 6.42. The molecule has 0 fully saturated rings. The van der Waals surface area contributed by atoms with E-state index in [2.05, 4.69) is 10.6 Å². The highest BCUT2D eigenvalue weighted by Gasteiger charge is 2.11. The number of carbonyl (C=O) groups is 1. The molecule has 0 spiro atoms. The standard InChI is InChI=1S/C13H18Cl2N2O/c1-3-6-16-13(18)9(2)17-8-10-4-5-11(14)12(15)7-10/h4-5,7,9,17H,3,6,8H2,1-2H3,(H,16,18). The van der Waals surface area contributed by atoms with Gasteiger partial charge in [-0.3, -0.25) is 4.79 Å². The zero-order valence-corrected chi connectivity index (χ0v) is 12.1. The number of carbonyl (C=O) groups excluding carboxylic acids is 1. The SMILES string of the molecule is CCCNC(=O)C(C)NCc1ccc(Cl)c(Cl)c1. The van der Waals surface area contributed by atoms with Gasteiger partial charge in [0.25, 0.3) is 0 Å². The molecule has 1 atom stereocenters. The molecular formula is C13H18Cl2N2O. The molecule has 0 aliphatic carbocycles. The van der Waals surface area contributed by atoms with E-state index in [-0.39, 0.29) is 11.9 Å². The average Bonchev–Trinajstić information content (AvgIpc) is 2.36. The van der Waals surface area contributed by atoms with E-state index in [1.165, 1.54) is 0 Å². The number of hydrogen-bond acceptors (Lipinski definition) is 2. The Kier molecular flexibility index (Phi) is 6.47. The second-order valence-corrected chi connectivity index (χ2v) is 4.96. The van der Waals surface area contributed by atoms with Crippen molar-refractivity contribution >= 4 is 29.1 Å². The van der Waals surface area contributed by atoms with Gasteiger partial charge in [-0.05, 0) is 31.0 Å². The first-order chi connectivity index (χ1) is 8.54. The van der Waals surface area contributed by atoms with E-state index in [4.69, 9.17) is 23.2 Å². The van der Waals surface area contributed by atoms with Gasteiger partial charge < -0.3 is 10.6 Å². The van der Waals surface area contributed by atoms with Crippen LogP contribution in [0.4, 0.5) is 0 Å². The Balaban J connectivity index is 2.44. The van der Waals surface area contributed by atoms with Crippen LogP contribution in [0.2, 0.25) is 10.0 Å². The quantitative estimate of drug-likeness (QED) is 0.845. The maximum Gasteiger partial charge on any atom is 0.236 e. The second kappa shape index (κ2) is 7.62. The minimum absolute atomic E-state index is 0.0110. The van der Waals surface area contributed by atoms with E-state index < -0.39 is 0 Å². The summed E-state index contributed by atoms with van der Waals surface area (Å²) in [7, 11) is 0. The molecule has 0 heterocycles. The molecule has 0 saturated carbocycles. The number of benzene rings is 1. The van der Waals surface area contributed by atoms with Gasteiger partial charge in [-0.2, -0.15) is 0 Å². The Morgan fingerprint density at radius 1 is 1.33 bits per heavy atom. The van der Waals surface area contributed by atoms with E-state index >= 15 is 0 Å². The number of rotatable bonds is 6. The lowest BCUT2D eigenvalue weighted by Crippen LogP contribution is -2.42. The zero-order valence-electron chi connectivity index (χ0n) is 10.6. The van der Waals surface area contributed by atoms with Gasteiger partial charge in [-0.25, -0.2) is 0 Å². The summed E-state index contributed by atoms with van der Waals surface area (Å²) in [5, 5.41) is 7.04. The van der Waals surface area contributed by atoms with Crippen molar-refractivity contribution in [3.63, 3.8) is 0 Å². The van der Waals surface area contributed by atoms with Crippen molar-refractivity contribution in [2.75, 3.05) is 6.54 Å². The van der Waals surface area contributed by atoms with E-state index in [0.717, 1.165) is 12.0 Å². The van der Waals surface area contributed by atoms with Crippen molar-refractivity contribution < 1.29 is 4.79 Å². The van der Waals surface area contributed by atoms with Crippen LogP contribution < -0.4 is 10.6 Å². The van der Waals surface area contributed by atoms with Crippen LogP contribution in [-0.2, 0) is 11.3 Å². The molecule has 0 radical (unpaired) electrons. The molecule has 1 unspecified atom stereocenters. The fourth-order valence-corrected chi connectivity index (χ4v) is 1.74. The molecule has 5 heteroatoms. The molecule has 3 nitrogen and oxygen atoms in total. The smallest absolute Gasteiger partial charge is 0.236 e. The van der Waals surface area contributed by atoms with Crippen LogP contribution in [0, 0.1) is 0 Å². The van der Waals surface area contributed by atoms with Gasteiger partial charge in [-0.1, -0.05) is 36.2 Å². The first-order valence-electron chi connectivity index (χ1n) is 5.99. The monoisotopic (exact) mass is 288 g/mol. The maximum absolute atomic E-state index is 11.6. The van der Waals surface area contributed by atoms with Crippen LogP contribution in [0.5, 0.6) is 0 Å². The number of hydrogen-bond donors (Lipinski definition) is 2. The van der Waals surface area contributed by atoms with Crippen molar-refractivity contribution in [2.24, 2.45) is 0 Å². The fourth-order valence-electron chi connectivity index (χ4n) is 1.41. The van der Waals surface area contributed by atoms with E-state index in [0.29, 0.717) is 23.1 Å². The molecule has 0 saturated heterocycles.